The first kappa shape index (κ1) is 18.8. The molecule has 27 heavy (non-hydrogen) atoms. The zero-order valence-electron chi connectivity index (χ0n) is 15.5. The summed E-state index contributed by atoms with van der Waals surface area (Å²) in [6, 6.07) is 14.5. The second-order valence-electron chi connectivity index (χ2n) is 6.44. The number of carbonyl (C=O) groups is 2. The van der Waals surface area contributed by atoms with E-state index in [1.807, 2.05) is 42.2 Å². The van der Waals surface area contributed by atoms with Gasteiger partial charge in [-0.1, -0.05) is 6.07 Å². The Bertz CT molecular complexity index is 784. The van der Waals surface area contributed by atoms with E-state index < -0.39 is 0 Å². The number of hydrogen-bond acceptors (Lipinski definition) is 4. The Labute approximate surface area is 159 Å². The van der Waals surface area contributed by atoms with Crippen molar-refractivity contribution in [2.24, 2.45) is 0 Å². The Morgan fingerprint density at radius 3 is 2.48 bits per heavy atom. The summed E-state index contributed by atoms with van der Waals surface area (Å²) < 4.78 is 5.43. The smallest absolute Gasteiger partial charge is 0.253 e. The van der Waals surface area contributed by atoms with Crippen LogP contribution in [-0.4, -0.2) is 43.0 Å². The van der Waals surface area contributed by atoms with E-state index in [1.54, 1.807) is 18.2 Å². The molecule has 6 nitrogen and oxygen atoms in total. The maximum Gasteiger partial charge on any atom is 0.253 e. The number of hydrogen-bond donors (Lipinski definition) is 2. The molecule has 0 atom stereocenters. The fourth-order valence-corrected chi connectivity index (χ4v) is 3.05. The number of benzene rings is 2. The fraction of sp³-hybridized carbons (Fsp3) is 0.333. The normalized spacial score (nSPS) is 13.3. The van der Waals surface area contributed by atoms with Crippen LogP contribution in [0.4, 0.5) is 11.4 Å². The van der Waals surface area contributed by atoms with Crippen molar-refractivity contribution in [2.45, 2.75) is 19.8 Å². The van der Waals surface area contributed by atoms with Crippen LogP contribution in [0.25, 0.3) is 0 Å². The van der Waals surface area contributed by atoms with Gasteiger partial charge in [0.1, 0.15) is 5.75 Å². The van der Waals surface area contributed by atoms with Crippen LogP contribution in [0.15, 0.2) is 48.5 Å². The lowest BCUT2D eigenvalue weighted by molar-refractivity contribution is -0.114. The van der Waals surface area contributed by atoms with Gasteiger partial charge in [-0.05, 0) is 56.2 Å². The SMILES string of the molecule is CCOc1cccc(NC(=O)CNc2ccc(C(=O)N3CCCC3)cc2)c1. The van der Waals surface area contributed by atoms with Gasteiger partial charge in [0.15, 0.2) is 0 Å². The van der Waals surface area contributed by atoms with Gasteiger partial charge in [-0.25, -0.2) is 0 Å². The molecular weight excluding hydrogens is 342 g/mol. The third-order valence-corrected chi connectivity index (χ3v) is 4.41. The van der Waals surface area contributed by atoms with Crippen molar-refractivity contribution in [2.75, 3.05) is 36.9 Å². The number of rotatable bonds is 7. The first-order chi connectivity index (χ1) is 13.2. The molecule has 0 aliphatic carbocycles. The van der Waals surface area contributed by atoms with Crippen molar-refractivity contribution in [3.05, 3.63) is 54.1 Å². The lowest BCUT2D eigenvalue weighted by Gasteiger charge is -2.15. The molecule has 0 saturated carbocycles. The summed E-state index contributed by atoms with van der Waals surface area (Å²) in [7, 11) is 0. The van der Waals surface area contributed by atoms with Crippen LogP contribution in [-0.2, 0) is 4.79 Å². The summed E-state index contributed by atoms with van der Waals surface area (Å²) in [5.74, 6) is 0.647. The van der Waals surface area contributed by atoms with Gasteiger partial charge in [-0.2, -0.15) is 0 Å². The molecule has 3 rings (SSSR count). The van der Waals surface area contributed by atoms with E-state index in [4.69, 9.17) is 4.74 Å². The van der Waals surface area contributed by atoms with E-state index in [2.05, 4.69) is 10.6 Å². The molecule has 2 aromatic rings. The van der Waals surface area contributed by atoms with Gasteiger partial charge < -0.3 is 20.3 Å². The van der Waals surface area contributed by atoms with E-state index >= 15 is 0 Å². The average Bonchev–Trinajstić information content (AvgIpc) is 3.22. The van der Waals surface area contributed by atoms with Gasteiger partial charge in [-0.3, -0.25) is 9.59 Å². The molecule has 2 N–H and O–H groups in total. The number of anilines is 2. The van der Waals surface area contributed by atoms with E-state index in [9.17, 15) is 9.59 Å². The highest BCUT2D eigenvalue weighted by Gasteiger charge is 2.19. The molecule has 0 aromatic heterocycles. The highest BCUT2D eigenvalue weighted by atomic mass is 16.5. The van der Waals surface area contributed by atoms with Gasteiger partial charge in [0.2, 0.25) is 5.91 Å². The maximum absolute atomic E-state index is 12.3. The van der Waals surface area contributed by atoms with E-state index in [0.29, 0.717) is 17.9 Å². The van der Waals surface area contributed by atoms with Crippen molar-refractivity contribution in [1.82, 2.24) is 4.90 Å². The second kappa shape index (κ2) is 9.07. The van der Waals surface area contributed by atoms with Crippen LogP contribution >= 0.6 is 0 Å². The average molecular weight is 367 g/mol. The maximum atomic E-state index is 12.3. The number of nitrogens with one attached hydrogen (secondary N) is 2. The molecule has 1 fully saturated rings. The number of likely N-dealkylation sites (tertiary alicyclic amines) is 1. The Morgan fingerprint density at radius 2 is 1.78 bits per heavy atom. The van der Waals surface area contributed by atoms with Crippen molar-refractivity contribution < 1.29 is 14.3 Å². The van der Waals surface area contributed by atoms with Crippen LogP contribution in [0.1, 0.15) is 30.1 Å². The van der Waals surface area contributed by atoms with Gasteiger partial charge in [0, 0.05) is 36.1 Å². The van der Waals surface area contributed by atoms with Gasteiger partial charge in [-0.15, -0.1) is 0 Å². The van der Waals surface area contributed by atoms with Crippen LogP contribution in [0.3, 0.4) is 0 Å². The Morgan fingerprint density at radius 1 is 1.04 bits per heavy atom. The van der Waals surface area contributed by atoms with Crippen LogP contribution in [0, 0.1) is 0 Å². The van der Waals surface area contributed by atoms with Gasteiger partial charge in [0.05, 0.1) is 13.2 Å². The Hall–Kier alpha value is -3.02. The monoisotopic (exact) mass is 367 g/mol. The molecule has 0 bridgehead atoms. The lowest BCUT2D eigenvalue weighted by atomic mass is 10.2. The van der Waals surface area contributed by atoms with Crippen LogP contribution in [0.2, 0.25) is 0 Å². The van der Waals surface area contributed by atoms with Gasteiger partial charge >= 0.3 is 0 Å². The van der Waals surface area contributed by atoms with Crippen LogP contribution in [0.5, 0.6) is 5.75 Å². The molecule has 0 spiro atoms. The molecular formula is C21H25N3O3. The molecule has 2 amide bonds. The summed E-state index contributed by atoms with van der Waals surface area (Å²) in [6.07, 6.45) is 2.15. The highest BCUT2D eigenvalue weighted by molar-refractivity contribution is 5.95. The fourth-order valence-electron chi connectivity index (χ4n) is 3.05. The highest BCUT2D eigenvalue weighted by Crippen LogP contribution is 2.18. The largest absolute Gasteiger partial charge is 0.494 e. The molecule has 0 radical (unpaired) electrons. The second-order valence-corrected chi connectivity index (χ2v) is 6.44. The number of nitrogens with zero attached hydrogens (tertiary/aromatic N) is 1. The predicted octanol–water partition coefficient (Wildman–Crippen LogP) is 3.37. The zero-order valence-corrected chi connectivity index (χ0v) is 15.5. The van der Waals surface area contributed by atoms with E-state index in [1.165, 1.54) is 0 Å². The van der Waals surface area contributed by atoms with Crippen molar-refractivity contribution in [3.8, 4) is 5.75 Å². The summed E-state index contributed by atoms with van der Waals surface area (Å²) in [6.45, 7) is 4.31. The summed E-state index contributed by atoms with van der Waals surface area (Å²) >= 11 is 0. The Kier molecular flexibility index (Phi) is 6.30. The Balaban J connectivity index is 1.50. The quantitative estimate of drug-likeness (QED) is 0.787. The standard InChI is InChI=1S/C21H25N3O3/c1-2-27-19-7-5-6-18(14-19)23-20(25)15-22-17-10-8-16(9-11-17)21(26)24-12-3-4-13-24/h5-11,14,22H,2-4,12-13,15H2,1H3,(H,23,25). The van der Waals surface area contributed by atoms with E-state index in [-0.39, 0.29) is 18.4 Å². The van der Waals surface area contributed by atoms with Crippen molar-refractivity contribution >= 4 is 23.2 Å². The topological polar surface area (TPSA) is 70.7 Å². The molecule has 6 heteroatoms. The number of amides is 2. The molecule has 1 heterocycles. The van der Waals surface area contributed by atoms with Crippen molar-refractivity contribution in [1.29, 1.82) is 0 Å². The predicted molar refractivity (Wildman–Crippen MR) is 106 cm³/mol. The molecule has 0 unspecified atom stereocenters. The first-order valence-electron chi connectivity index (χ1n) is 9.31. The van der Waals surface area contributed by atoms with Crippen LogP contribution < -0.4 is 15.4 Å². The minimum Gasteiger partial charge on any atom is -0.494 e. The van der Waals surface area contributed by atoms with E-state index in [0.717, 1.165) is 37.4 Å². The van der Waals surface area contributed by atoms with Crippen molar-refractivity contribution in [3.63, 3.8) is 0 Å². The lowest BCUT2D eigenvalue weighted by Crippen LogP contribution is -2.27. The van der Waals surface area contributed by atoms with Gasteiger partial charge in [0.25, 0.3) is 5.91 Å². The number of carbonyl (C=O) groups excluding carboxylic acids is 2. The number of ether oxygens (including phenoxy) is 1. The third-order valence-electron chi connectivity index (χ3n) is 4.41. The first-order valence-corrected chi connectivity index (χ1v) is 9.31. The minimum absolute atomic E-state index is 0.0750. The minimum atomic E-state index is -0.152. The molecule has 1 aliphatic heterocycles. The third kappa shape index (κ3) is 5.23. The summed E-state index contributed by atoms with van der Waals surface area (Å²) in [5.41, 5.74) is 2.17. The molecule has 2 aromatic carbocycles. The summed E-state index contributed by atoms with van der Waals surface area (Å²) in [4.78, 5) is 26.3. The molecule has 142 valence electrons. The molecule has 1 aliphatic rings. The summed E-state index contributed by atoms with van der Waals surface area (Å²) in [5, 5.41) is 5.91. The molecule has 1 saturated heterocycles. The zero-order chi connectivity index (χ0) is 19.1.